The third-order valence-corrected chi connectivity index (χ3v) is 3.86. The van der Waals surface area contributed by atoms with Crippen LogP contribution in [-0.4, -0.2) is 31.4 Å². The van der Waals surface area contributed by atoms with Crippen LogP contribution in [0.3, 0.4) is 0 Å². The number of benzene rings is 1. The van der Waals surface area contributed by atoms with E-state index in [9.17, 15) is 0 Å². The molecule has 0 radical (unpaired) electrons. The van der Waals surface area contributed by atoms with E-state index in [-0.39, 0.29) is 0 Å². The van der Waals surface area contributed by atoms with Crippen LogP contribution in [-0.2, 0) is 0 Å². The van der Waals surface area contributed by atoms with Gasteiger partial charge in [0.15, 0.2) is 0 Å². The Kier molecular flexibility index (Phi) is 5.19. The van der Waals surface area contributed by atoms with Crippen molar-refractivity contribution in [2.24, 2.45) is 0 Å². The van der Waals surface area contributed by atoms with Crippen LogP contribution in [0.15, 0.2) is 35.2 Å². The summed E-state index contributed by atoms with van der Waals surface area (Å²) in [6, 6.07) is 11.3. The third kappa shape index (κ3) is 4.16. The SMILES string of the molecule is c1ccc(SCCNCC2CCCN2)cc1. The van der Waals surface area contributed by atoms with E-state index >= 15 is 0 Å². The number of thioether (sulfide) groups is 1. The Morgan fingerprint density at radius 1 is 1.31 bits per heavy atom. The molecule has 0 spiro atoms. The maximum atomic E-state index is 3.51. The van der Waals surface area contributed by atoms with Crippen LogP contribution in [0, 0.1) is 0 Å². The molecule has 0 aromatic heterocycles. The van der Waals surface area contributed by atoms with Crippen molar-refractivity contribution in [3.05, 3.63) is 30.3 Å². The van der Waals surface area contributed by atoms with Gasteiger partial charge in [-0.05, 0) is 31.5 Å². The van der Waals surface area contributed by atoms with Crippen LogP contribution in [0.1, 0.15) is 12.8 Å². The number of hydrogen-bond acceptors (Lipinski definition) is 3. The van der Waals surface area contributed by atoms with E-state index < -0.39 is 0 Å². The molecule has 0 saturated carbocycles. The first kappa shape index (κ1) is 12.0. The summed E-state index contributed by atoms with van der Waals surface area (Å²) >= 11 is 1.92. The highest BCUT2D eigenvalue weighted by atomic mass is 32.2. The summed E-state index contributed by atoms with van der Waals surface area (Å²) in [5, 5.41) is 7.01. The molecule has 2 rings (SSSR count). The quantitative estimate of drug-likeness (QED) is 0.584. The molecule has 88 valence electrons. The lowest BCUT2D eigenvalue weighted by molar-refractivity contribution is 0.548. The highest BCUT2D eigenvalue weighted by Gasteiger charge is 2.12. The van der Waals surface area contributed by atoms with Crippen molar-refractivity contribution in [1.29, 1.82) is 0 Å². The molecule has 0 amide bonds. The molecule has 1 aliphatic rings. The standard InChI is InChI=1S/C13H20N2S/c1-2-6-13(7-3-1)16-10-9-14-11-12-5-4-8-15-12/h1-3,6-7,12,14-15H,4-5,8-11H2. The highest BCUT2D eigenvalue weighted by Crippen LogP contribution is 2.15. The van der Waals surface area contributed by atoms with Gasteiger partial charge in [0.1, 0.15) is 0 Å². The summed E-state index contributed by atoms with van der Waals surface area (Å²) < 4.78 is 0. The fraction of sp³-hybridized carbons (Fsp3) is 0.538. The smallest absolute Gasteiger partial charge is 0.0192 e. The minimum Gasteiger partial charge on any atom is -0.314 e. The first-order valence-electron chi connectivity index (χ1n) is 6.07. The summed E-state index contributed by atoms with van der Waals surface area (Å²) in [5.41, 5.74) is 0. The van der Waals surface area contributed by atoms with E-state index in [1.165, 1.54) is 24.3 Å². The average molecular weight is 236 g/mol. The zero-order valence-corrected chi connectivity index (χ0v) is 10.4. The zero-order valence-electron chi connectivity index (χ0n) is 9.61. The van der Waals surface area contributed by atoms with Crippen LogP contribution < -0.4 is 10.6 Å². The summed E-state index contributed by atoms with van der Waals surface area (Å²) in [6.07, 6.45) is 2.67. The second-order valence-electron chi connectivity index (χ2n) is 4.16. The van der Waals surface area contributed by atoms with Gasteiger partial charge in [-0.15, -0.1) is 11.8 Å². The van der Waals surface area contributed by atoms with Gasteiger partial charge in [-0.2, -0.15) is 0 Å². The molecule has 1 unspecified atom stereocenters. The molecule has 2 nitrogen and oxygen atoms in total. The largest absolute Gasteiger partial charge is 0.314 e. The monoisotopic (exact) mass is 236 g/mol. The molecular formula is C13H20N2S. The zero-order chi connectivity index (χ0) is 11.1. The molecule has 1 saturated heterocycles. The predicted molar refractivity (Wildman–Crippen MR) is 71.1 cm³/mol. The molecule has 1 atom stereocenters. The second kappa shape index (κ2) is 6.94. The van der Waals surface area contributed by atoms with Crippen LogP contribution in [0.2, 0.25) is 0 Å². The second-order valence-corrected chi connectivity index (χ2v) is 5.33. The number of nitrogens with one attached hydrogen (secondary N) is 2. The van der Waals surface area contributed by atoms with Gasteiger partial charge in [0.25, 0.3) is 0 Å². The molecule has 1 aliphatic heterocycles. The maximum Gasteiger partial charge on any atom is 0.0192 e. The van der Waals surface area contributed by atoms with Crippen LogP contribution in [0.5, 0.6) is 0 Å². The van der Waals surface area contributed by atoms with Crippen LogP contribution in [0.25, 0.3) is 0 Å². The lowest BCUT2D eigenvalue weighted by Gasteiger charge is -2.10. The average Bonchev–Trinajstić information content (AvgIpc) is 2.83. The van der Waals surface area contributed by atoms with Gasteiger partial charge < -0.3 is 10.6 Å². The Labute approximate surface area is 102 Å². The van der Waals surface area contributed by atoms with E-state index in [0.29, 0.717) is 6.04 Å². The van der Waals surface area contributed by atoms with Gasteiger partial charge in [-0.25, -0.2) is 0 Å². The molecule has 1 aromatic rings. The van der Waals surface area contributed by atoms with E-state index in [4.69, 9.17) is 0 Å². The lowest BCUT2D eigenvalue weighted by atomic mass is 10.2. The van der Waals surface area contributed by atoms with Gasteiger partial charge in [0.05, 0.1) is 0 Å². The Bertz CT molecular complexity index is 283. The van der Waals surface area contributed by atoms with E-state index in [0.717, 1.165) is 18.8 Å². The third-order valence-electron chi connectivity index (χ3n) is 2.84. The van der Waals surface area contributed by atoms with Crippen molar-refractivity contribution >= 4 is 11.8 Å². The molecule has 2 N–H and O–H groups in total. The number of hydrogen-bond donors (Lipinski definition) is 2. The fourth-order valence-electron chi connectivity index (χ4n) is 1.97. The molecule has 0 bridgehead atoms. The van der Waals surface area contributed by atoms with Crippen molar-refractivity contribution in [2.75, 3.05) is 25.4 Å². The highest BCUT2D eigenvalue weighted by molar-refractivity contribution is 7.99. The van der Waals surface area contributed by atoms with Crippen molar-refractivity contribution < 1.29 is 0 Å². The van der Waals surface area contributed by atoms with E-state index in [1.54, 1.807) is 0 Å². The number of rotatable bonds is 6. The van der Waals surface area contributed by atoms with Crippen molar-refractivity contribution in [3.63, 3.8) is 0 Å². The summed E-state index contributed by atoms with van der Waals surface area (Å²) in [6.45, 7) is 3.41. The lowest BCUT2D eigenvalue weighted by Crippen LogP contribution is -2.34. The summed E-state index contributed by atoms with van der Waals surface area (Å²) in [4.78, 5) is 1.36. The predicted octanol–water partition coefficient (Wildman–Crippen LogP) is 2.12. The molecule has 1 aromatic carbocycles. The molecule has 3 heteroatoms. The molecule has 1 fully saturated rings. The van der Waals surface area contributed by atoms with Gasteiger partial charge >= 0.3 is 0 Å². The maximum absolute atomic E-state index is 3.51. The molecule has 16 heavy (non-hydrogen) atoms. The topological polar surface area (TPSA) is 24.1 Å². The minimum atomic E-state index is 0.710. The van der Waals surface area contributed by atoms with Gasteiger partial charge in [0.2, 0.25) is 0 Å². The molecular weight excluding hydrogens is 216 g/mol. The normalized spacial score (nSPS) is 20.1. The first-order valence-corrected chi connectivity index (χ1v) is 7.05. The molecule has 0 aliphatic carbocycles. The van der Waals surface area contributed by atoms with Gasteiger partial charge in [-0.3, -0.25) is 0 Å². The first-order chi connectivity index (χ1) is 7.95. The summed E-state index contributed by atoms with van der Waals surface area (Å²) in [5.74, 6) is 1.15. The van der Waals surface area contributed by atoms with Gasteiger partial charge in [-0.1, -0.05) is 18.2 Å². The van der Waals surface area contributed by atoms with Crippen molar-refractivity contribution in [1.82, 2.24) is 10.6 Å². The molecule has 1 heterocycles. The van der Waals surface area contributed by atoms with Crippen LogP contribution in [0.4, 0.5) is 0 Å². The Morgan fingerprint density at radius 2 is 2.19 bits per heavy atom. The van der Waals surface area contributed by atoms with E-state index in [1.807, 2.05) is 11.8 Å². The van der Waals surface area contributed by atoms with Crippen molar-refractivity contribution in [2.45, 2.75) is 23.8 Å². The van der Waals surface area contributed by atoms with Gasteiger partial charge in [0, 0.05) is 29.8 Å². The Balaban J connectivity index is 1.52. The summed E-state index contributed by atoms with van der Waals surface area (Å²) in [7, 11) is 0. The van der Waals surface area contributed by atoms with Crippen LogP contribution >= 0.6 is 11.8 Å². The van der Waals surface area contributed by atoms with E-state index in [2.05, 4.69) is 41.0 Å². The minimum absolute atomic E-state index is 0.710. The van der Waals surface area contributed by atoms with Crippen molar-refractivity contribution in [3.8, 4) is 0 Å². The Morgan fingerprint density at radius 3 is 2.94 bits per heavy atom. The fourth-order valence-corrected chi connectivity index (χ4v) is 2.80. The Hall–Kier alpha value is -0.510.